The Bertz CT molecular complexity index is 614. The first kappa shape index (κ1) is 15.8. The SMILES string of the molecule is C/C(N)=C/C(=O)OCCc1ccc(C2=NNC(=O)CC2)cc1. The summed E-state index contributed by atoms with van der Waals surface area (Å²) in [6, 6.07) is 7.84. The molecule has 0 saturated heterocycles. The molecule has 1 heterocycles. The van der Waals surface area contributed by atoms with Gasteiger partial charge in [0, 0.05) is 31.0 Å². The Morgan fingerprint density at radius 1 is 1.36 bits per heavy atom. The van der Waals surface area contributed by atoms with Crippen LogP contribution in [-0.4, -0.2) is 24.2 Å². The number of hydrogen-bond acceptors (Lipinski definition) is 5. The number of hydrazone groups is 1. The predicted molar refractivity (Wildman–Crippen MR) is 83.0 cm³/mol. The van der Waals surface area contributed by atoms with E-state index in [1.54, 1.807) is 6.92 Å². The number of hydrogen-bond donors (Lipinski definition) is 2. The largest absolute Gasteiger partial charge is 0.462 e. The maximum absolute atomic E-state index is 11.3. The number of ether oxygens (including phenoxy) is 1. The van der Waals surface area contributed by atoms with Crippen LogP contribution in [0.2, 0.25) is 0 Å². The van der Waals surface area contributed by atoms with Gasteiger partial charge in [0.1, 0.15) is 0 Å². The fourth-order valence-corrected chi connectivity index (χ4v) is 2.04. The molecule has 1 aromatic carbocycles. The highest BCUT2D eigenvalue weighted by Crippen LogP contribution is 2.12. The number of allylic oxidation sites excluding steroid dienone is 1. The summed E-state index contributed by atoms with van der Waals surface area (Å²) in [4.78, 5) is 22.4. The van der Waals surface area contributed by atoms with Gasteiger partial charge in [0.05, 0.1) is 12.3 Å². The van der Waals surface area contributed by atoms with Gasteiger partial charge in [0.25, 0.3) is 0 Å². The predicted octanol–water partition coefficient (Wildman–Crippen LogP) is 1.25. The van der Waals surface area contributed by atoms with Crippen molar-refractivity contribution < 1.29 is 14.3 Å². The van der Waals surface area contributed by atoms with E-state index in [0.717, 1.165) is 16.8 Å². The van der Waals surface area contributed by atoms with Crippen molar-refractivity contribution in [1.82, 2.24) is 5.43 Å². The third-order valence-corrected chi connectivity index (χ3v) is 3.17. The number of nitrogens with two attached hydrogens (primary N) is 1. The zero-order valence-electron chi connectivity index (χ0n) is 12.5. The van der Waals surface area contributed by atoms with E-state index in [1.165, 1.54) is 6.08 Å². The number of rotatable bonds is 5. The molecule has 0 spiro atoms. The molecule has 6 nitrogen and oxygen atoms in total. The van der Waals surface area contributed by atoms with E-state index in [9.17, 15) is 9.59 Å². The molecule has 1 aromatic rings. The number of esters is 1. The highest BCUT2D eigenvalue weighted by molar-refractivity contribution is 6.04. The third-order valence-electron chi connectivity index (χ3n) is 3.17. The fourth-order valence-electron chi connectivity index (χ4n) is 2.04. The van der Waals surface area contributed by atoms with E-state index in [4.69, 9.17) is 10.5 Å². The number of nitrogens with one attached hydrogen (secondary N) is 1. The highest BCUT2D eigenvalue weighted by atomic mass is 16.5. The molecule has 6 heteroatoms. The molecule has 0 aromatic heterocycles. The van der Waals surface area contributed by atoms with Crippen molar-refractivity contribution in [2.45, 2.75) is 26.2 Å². The molecule has 0 aliphatic carbocycles. The van der Waals surface area contributed by atoms with Gasteiger partial charge in [0.15, 0.2) is 0 Å². The molecule has 1 aliphatic rings. The summed E-state index contributed by atoms with van der Waals surface area (Å²) in [5.74, 6) is -0.479. The second-order valence-electron chi connectivity index (χ2n) is 5.10. The maximum Gasteiger partial charge on any atom is 0.332 e. The van der Waals surface area contributed by atoms with Gasteiger partial charge < -0.3 is 10.5 Å². The molecule has 1 amide bonds. The van der Waals surface area contributed by atoms with Crippen LogP contribution in [-0.2, 0) is 20.7 Å². The van der Waals surface area contributed by atoms with E-state index >= 15 is 0 Å². The number of benzene rings is 1. The summed E-state index contributed by atoms with van der Waals surface area (Å²) in [5.41, 5.74) is 11.2. The number of amides is 1. The molecule has 0 fully saturated rings. The fraction of sp³-hybridized carbons (Fsp3) is 0.312. The lowest BCUT2D eigenvalue weighted by Gasteiger charge is -2.12. The quantitative estimate of drug-likeness (QED) is 0.632. The van der Waals surface area contributed by atoms with Crippen molar-refractivity contribution in [2.75, 3.05) is 6.61 Å². The molecule has 0 atom stereocenters. The summed E-state index contributed by atoms with van der Waals surface area (Å²) >= 11 is 0. The number of carbonyl (C=O) groups excluding carboxylic acids is 2. The van der Waals surface area contributed by atoms with Crippen molar-refractivity contribution in [3.05, 3.63) is 47.2 Å². The van der Waals surface area contributed by atoms with Gasteiger partial charge in [-0.05, 0) is 18.1 Å². The van der Waals surface area contributed by atoms with Gasteiger partial charge in [-0.15, -0.1) is 0 Å². The molecular formula is C16H19N3O3. The molecule has 0 bridgehead atoms. The molecular weight excluding hydrogens is 282 g/mol. The van der Waals surface area contributed by atoms with Crippen LogP contribution < -0.4 is 11.2 Å². The lowest BCUT2D eigenvalue weighted by atomic mass is 10.0. The van der Waals surface area contributed by atoms with Crippen molar-refractivity contribution in [3.63, 3.8) is 0 Å². The lowest BCUT2D eigenvalue weighted by Crippen LogP contribution is -2.25. The van der Waals surface area contributed by atoms with Crippen LogP contribution in [0.3, 0.4) is 0 Å². The Balaban J connectivity index is 1.86. The summed E-state index contributed by atoms with van der Waals surface area (Å²) in [7, 11) is 0. The normalized spacial score (nSPS) is 15.0. The van der Waals surface area contributed by atoms with Crippen LogP contribution in [0.1, 0.15) is 30.9 Å². The number of carbonyl (C=O) groups is 2. The first-order valence-electron chi connectivity index (χ1n) is 7.10. The molecule has 22 heavy (non-hydrogen) atoms. The Morgan fingerprint density at radius 3 is 2.68 bits per heavy atom. The summed E-state index contributed by atoms with van der Waals surface area (Å²) in [6.07, 6.45) is 3.00. The summed E-state index contributed by atoms with van der Waals surface area (Å²) in [5, 5.41) is 4.05. The first-order chi connectivity index (χ1) is 10.5. The topological polar surface area (TPSA) is 93.8 Å². The Morgan fingerprint density at radius 2 is 2.09 bits per heavy atom. The van der Waals surface area contributed by atoms with Gasteiger partial charge >= 0.3 is 5.97 Å². The van der Waals surface area contributed by atoms with Crippen LogP contribution >= 0.6 is 0 Å². The van der Waals surface area contributed by atoms with Crippen molar-refractivity contribution in [3.8, 4) is 0 Å². The zero-order valence-corrected chi connectivity index (χ0v) is 12.5. The second-order valence-corrected chi connectivity index (χ2v) is 5.10. The smallest absolute Gasteiger partial charge is 0.332 e. The van der Waals surface area contributed by atoms with Gasteiger partial charge in [-0.1, -0.05) is 24.3 Å². The minimum absolute atomic E-state index is 0.0519. The molecule has 1 aliphatic heterocycles. The van der Waals surface area contributed by atoms with Gasteiger partial charge in [-0.2, -0.15) is 5.10 Å². The molecule has 0 radical (unpaired) electrons. The van der Waals surface area contributed by atoms with E-state index in [-0.39, 0.29) is 5.91 Å². The van der Waals surface area contributed by atoms with Crippen LogP contribution in [0.4, 0.5) is 0 Å². The van der Waals surface area contributed by atoms with Crippen molar-refractivity contribution in [1.29, 1.82) is 0 Å². The van der Waals surface area contributed by atoms with Crippen molar-refractivity contribution >= 4 is 17.6 Å². The Kier molecular flexibility index (Phi) is 5.30. The average molecular weight is 301 g/mol. The standard InChI is InChI=1S/C16H19N3O3/c1-11(17)10-16(21)22-9-8-12-2-4-13(5-3-12)14-6-7-15(20)19-18-14/h2-5,10H,6-9,17H2,1H3,(H,19,20)/b11-10-. The molecule has 116 valence electrons. The first-order valence-corrected chi connectivity index (χ1v) is 7.10. The molecule has 3 N–H and O–H groups in total. The Labute approximate surface area is 129 Å². The minimum atomic E-state index is -0.427. The van der Waals surface area contributed by atoms with Crippen LogP contribution in [0, 0.1) is 0 Å². The monoisotopic (exact) mass is 301 g/mol. The maximum atomic E-state index is 11.3. The van der Waals surface area contributed by atoms with Gasteiger partial charge in [-0.25, -0.2) is 10.2 Å². The second kappa shape index (κ2) is 7.40. The Hall–Kier alpha value is -2.63. The van der Waals surface area contributed by atoms with E-state index in [2.05, 4.69) is 10.5 Å². The van der Waals surface area contributed by atoms with Crippen LogP contribution in [0.25, 0.3) is 0 Å². The zero-order chi connectivity index (χ0) is 15.9. The van der Waals surface area contributed by atoms with Crippen molar-refractivity contribution in [2.24, 2.45) is 10.8 Å². The summed E-state index contributed by atoms with van der Waals surface area (Å²) < 4.78 is 5.05. The molecule has 0 saturated carbocycles. The number of nitrogens with zero attached hydrogens (tertiary/aromatic N) is 1. The van der Waals surface area contributed by atoms with Gasteiger partial charge in [0.2, 0.25) is 5.91 Å². The lowest BCUT2D eigenvalue weighted by molar-refractivity contribution is -0.137. The molecule has 0 unspecified atom stereocenters. The van der Waals surface area contributed by atoms with Gasteiger partial charge in [-0.3, -0.25) is 4.79 Å². The van der Waals surface area contributed by atoms with E-state index in [0.29, 0.717) is 31.6 Å². The van der Waals surface area contributed by atoms with Crippen LogP contribution in [0.15, 0.2) is 41.1 Å². The third kappa shape index (κ3) is 4.73. The van der Waals surface area contributed by atoms with E-state index in [1.807, 2.05) is 24.3 Å². The minimum Gasteiger partial charge on any atom is -0.462 e. The highest BCUT2D eigenvalue weighted by Gasteiger charge is 2.12. The summed E-state index contributed by atoms with van der Waals surface area (Å²) in [6.45, 7) is 1.94. The average Bonchev–Trinajstić information content (AvgIpc) is 2.48. The van der Waals surface area contributed by atoms with E-state index < -0.39 is 5.97 Å². The molecule has 2 rings (SSSR count). The van der Waals surface area contributed by atoms with Crippen LogP contribution in [0.5, 0.6) is 0 Å².